The van der Waals surface area contributed by atoms with E-state index in [1.165, 1.54) is 0 Å². The van der Waals surface area contributed by atoms with Crippen LogP contribution in [-0.4, -0.2) is 47.6 Å². The van der Waals surface area contributed by atoms with Gasteiger partial charge in [-0.05, 0) is 69.0 Å². The molecule has 8 heteroatoms. The van der Waals surface area contributed by atoms with E-state index in [-0.39, 0.29) is 0 Å². The minimum atomic E-state index is -3.48. The third-order valence-corrected chi connectivity index (χ3v) is 7.86. The fourth-order valence-electron chi connectivity index (χ4n) is 4.16. The minimum absolute atomic E-state index is 0.318. The van der Waals surface area contributed by atoms with Gasteiger partial charge in [-0.1, -0.05) is 18.2 Å². The normalized spacial score (nSPS) is 16.0. The molecular formula is C25H30N4O3S. The summed E-state index contributed by atoms with van der Waals surface area (Å²) in [4.78, 5) is 4.84. The summed E-state index contributed by atoms with van der Waals surface area (Å²) < 4.78 is 33.3. The summed E-state index contributed by atoms with van der Waals surface area (Å²) in [6.07, 6.45) is 8.23. The Hall–Kier alpha value is -2.97. The second-order valence-electron chi connectivity index (χ2n) is 8.01. The largest absolute Gasteiger partial charge is 0.498 e. The first-order valence-corrected chi connectivity index (χ1v) is 12.8. The molecule has 7 nitrogen and oxygen atoms in total. The average molecular weight is 467 g/mol. The molecule has 174 valence electrons. The molecule has 0 aliphatic carbocycles. The molecule has 1 N–H and O–H groups in total. The van der Waals surface area contributed by atoms with Gasteiger partial charge >= 0.3 is 0 Å². The summed E-state index contributed by atoms with van der Waals surface area (Å²) >= 11 is 0. The van der Waals surface area contributed by atoms with Crippen LogP contribution in [0.15, 0.2) is 59.3 Å². The molecule has 1 aliphatic heterocycles. The molecular weight excluding hydrogens is 436 g/mol. The average Bonchev–Trinajstić information content (AvgIpc) is 3.52. The summed E-state index contributed by atoms with van der Waals surface area (Å²) in [5.74, 6) is 0.900. The van der Waals surface area contributed by atoms with Crippen LogP contribution in [0.25, 0.3) is 27.7 Å². The molecule has 1 aliphatic rings. The first-order chi connectivity index (χ1) is 16.0. The highest BCUT2D eigenvalue weighted by Crippen LogP contribution is 2.31. The van der Waals surface area contributed by atoms with Crippen LogP contribution >= 0.6 is 0 Å². The van der Waals surface area contributed by atoms with Crippen LogP contribution in [-0.2, 0) is 14.8 Å². The molecule has 1 aromatic carbocycles. The molecule has 4 rings (SSSR count). The van der Waals surface area contributed by atoms with E-state index >= 15 is 0 Å². The zero-order valence-corrected chi connectivity index (χ0v) is 20.2. The number of fused-ring (bicyclic) bond motifs is 1. The van der Waals surface area contributed by atoms with Gasteiger partial charge < -0.3 is 4.74 Å². The van der Waals surface area contributed by atoms with Gasteiger partial charge in [0.15, 0.2) is 5.65 Å². The fourth-order valence-corrected chi connectivity index (χ4v) is 5.72. The number of nitrogens with one attached hydrogen (secondary N) is 1. The monoisotopic (exact) mass is 466 g/mol. The van der Waals surface area contributed by atoms with Crippen LogP contribution in [0, 0.1) is 0 Å². The van der Waals surface area contributed by atoms with Gasteiger partial charge in [-0.3, -0.25) is 5.10 Å². The number of pyridine rings is 1. The number of benzene rings is 1. The van der Waals surface area contributed by atoms with Gasteiger partial charge in [0.05, 0.1) is 23.0 Å². The molecule has 0 spiro atoms. The zero-order chi connectivity index (χ0) is 23.4. The van der Waals surface area contributed by atoms with Gasteiger partial charge in [-0.2, -0.15) is 9.40 Å². The SMILES string of the molecule is C/C=C(\C/C(=C\C)c1[nH]nc2ncc(-c3cccc(S(=O)(=O)N4CCCC4)c3)cc12)OCC. The molecule has 33 heavy (non-hydrogen) atoms. The van der Waals surface area contributed by atoms with Gasteiger partial charge in [0.25, 0.3) is 0 Å². The topological polar surface area (TPSA) is 88.2 Å². The lowest BCUT2D eigenvalue weighted by molar-refractivity contribution is 0.225. The number of rotatable bonds is 8. The van der Waals surface area contributed by atoms with Crippen molar-refractivity contribution in [1.82, 2.24) is 19.5 Å². The molecule has 0 amide bonds. The second-order valence-corrected chi connectivity index (χ2v) is 9.95. The predicted octanol–water partition coefficient (Wildman–Crippen LogP) is 5.14. The molecule has 3 heterocycles. The van der Waals surface area contributed by atoms with Crippen molar-refractivity contribution in [3.8, 4) is 11.1 Å². The zero-order valence-electron chi connectivity index (χ0n) is 19.3. The Morgan fingerprint density at radius 2 is 1.94 bits per heavy atom. The van der Waals surface area contributed by atoms with Crippen LogP contribution in [0.3, 0.4) is 0 Å². The van der Waals surface area contributed by atoms with Gasteiger partial charge in [0.2, 0.25) is 10.0 Å². The number of aromatic nitrogens is 3. The van der Waals surface area contributed by atoms with Crippen LogP contribution < -0.4 is 0 Å². The van der Waals surface area contributed by atoms with E-state index in [9.17, 15) is 8.42 Å². The van der Waals surface area contributed by atoms with E-state index in [1.807, 2.05) is 45.1 Å². The fraction of sp³-hybridized carbons (Fsp3) is 0.360. The van der Waals surface area contributed by atoms with Gasteiger partial charge in [0.1, 0.15) is 0 Å². The number of hydrogen-bond donors (Lipinski definition) is 1. The summed E-state index contributed by atoms with van der Waals surface area (Å²) in [6, 6.07) is 9.12. The molecule has 0 saturated carbocycles. The molecule has 0 unspecified atom stereocenters. The maximum absolute atomic E-state index is 13.0. The number of aromatic amines is 1. The Morgan fingerprint density at radius 3 is 2.64 bits per heavy atom. The molecule has 2 aromatic heterocycles. The van der Waals surface area contributed by atoms with Crippen molar-refractivity contribution < 1.29 is 13.2 Å². The molecule has 0 atom stereocenters. The number of nitrogens with zero attached hydrogens (tertiary/aromatic N) is 3. The van der Waals surface area contributed by atoms with Crippen molar-refractivity contribution in [2.24, 2.45) is 0 Å². The molecule has 3 aromatic rings. The smallest absolute Gasteiger partial charge is 0.243 e. The number of allylic oxidation sites excluding steroid dienone is 3. The second kappa shape index (κ2) is 9.89. The van der Waals surface area contributed by atoms with Crippen molar-refractivity contribution in [3.05, 3.63) is 60.1 Å². The molecule has 0 radical (unpaired) electrons. The third-order valence-electron chi connectivity index (χ3n) is 5.97. The Balaban J connectivity index is 1.71. The van der Waals surface area contributed by atoms with Crippen molar-refractivity contribution in [2.45, 2.75) is 44.9 Å². The van der Waals surface area contributed by atoms with E-state index in [0.717, 1.165) is 46.4 Å². The number of ether oxygens (including phenoxy) is 1. The highest BCUT2D eigenvalue weighted by atomic mass is 32.2. The Bertz CT molecular complexity index is 1300. The van der Waals surface area contributed by atoms with Crippen molar-refractivity contribution in [1.29, 1.82) is 0 Å². The van der Waals surface area contributed by atoms with Crippen molar-refractivity contribution in [3.63, 3.8) is 0 Å². The van der Waals surface area contributed by atoms with E-state index in [2.05, 4.69) is 15.2 Å². The Labute approximate surface area is 195 Å². The maximum Gasteiger partial charge on any atom is 0.243 e. The van der Waals surface area contributed by atoms with Crippen molar-refractivity contribution >= 4 is 26.6 Å². The molecule has 1 fully saturated rings. The first kappa shape index (κ1) is 23.2. The van der Waals surface area contributed by atoms with Crippen LogP contribution in [0.1, 0.15) is 45.7 Å². The van der Waals surface area contributed by atoms with E-state index in [0.29, 0.717) is 36.7 Å². The van der Waals surface area contributed by atoms with E-state index < -0.39 is 10.0 Å². The highest BCUT2D eigenvalue weighted by molar-refractivity contribution is 7.89. The van der Waals surface area contributed by atoms with Gasteiger partial charge in [-0.15, -0.1) is 0 Å². The number of H-pyrrole nitrogens is 1. The predicted molar refractivity (Wildman–Crippen MR) is 131 cm³/mol. The van der Waals surface area contributed by atoms with Crippen molar-refractivity contribution in [2.75, 3.05) is 19.7 Å². The maximum atomic E-state index is 13.0. The van der Waals surface area contributed by atoms with E-state index in [4.69, 9.17) is 4.74 Å². The standard InChI is InChI=1S/C25H30N4O3S/c1-4-18(14-21(5-2)32-6-3)24-23-16-20(17-26-25(23)28-27-24)19-10-9-11-22(15-19)33(30,31)29-12-7-8-13-29/h4-5,9-11,15-17H,6-8,12-14H2,1-3H3,(H,26,27,28)/b18-4+,21-5+. The quantitative estimate of drug-likeness (QED) is 0.464. The Kier molecular flexibility index (Phi) is 6.95. The molecule has 0 bridgehead atoms. The number of sulfonamides is 1. The van der Waals surface area contributed by atoms with Crippen LogP contribution in [0.5, 0.6) is 0 Å². The lowest BCUT2D eigenvalue weighted by Crippen LogP contribution is -2.27. The lowest BCUT2D eigenvalue weighted by atomic mass is 10.0. The minimum Gasteiger partial charge on any atom is -0.498 e. The van der Waals surface area contributed by atoms with Crippen LogP contribution in [0.4, 0.5) is 0 Å². The Morgan fingerprint density at radius 1 is 1.15 bits per heavy atom. The molecule has 1 saturated heterocycles. The lowest BCUT2D eigenvalue weighted by Gasteiger charge is -2.16. The summed E-state index contributed by atoms with van der Waals surface area (Å²) in [5.41, 5.74) is 4.22. The van der Waals surface area contributed by atoms with E-state index in [1.54, 1.807) is 28.7 Å². The summed E-state index contributed by atoms with van der Waals surface area (Å²) in [5, 5.41) is 8.38. The van der Waals surface area contributed by atoms with Gasteiger partial charge in [-0.25, -0.2) is 13.4 Å². The number of hydrogen-bond acceptors (Lipinski definition) is 5. The summed E-state index contributed by atoms with van der Waals surface area (Å²) in [6.45, 7) is 7.71. The third kappa shape index (κ3) is 4.72. The highest BCUT2D eigenvalue weighted by Gasteiger charge is 2.27. The summed E-state index contributed by atoms with van der Waals surface area (Å²) in [7, 11) is -3.48. The first-order valence-electron chi connectivity index (χ1n) is 11.4. The van der Waals surface area contributed by atoms with Crippen LogP contribution in [0.2, 0.25) is 0 Å². The van der Waals surface area contributed by atoms with Gasteiger partial charge in [0, 0.05) is 36.7 Å².